The smallest absolute Gasteiger partial charge is 0.181 e. The molecule has 0 spiro atoms. The Balaban J connectivity index is 1.31. The predicted molar refractivity (Wildman–Crippen MR) is 146 cm³/mol. The molecule has 0 bridgehead atoms. The zero-order chi connectivity index (χ0) is 24.9. The van der Waals surface area contributed by atoms with Crippen molar-refractivity contribution in [2.45, 2.75) is 64.0 Å². The molecule has 6 heteroatoms. The number of aromatic amines is 1. The standard InChI is InChI=1S/C30H33ClN4O/c1-30(2,36)26-12-9-22(17-27(26)31)28-25-16-23(18-32-29(25)34-33-28)21-6-5-19-7-10-24(11-8-20(19)15-21)35-13-3-4-14-35/h5-6,9,12,15-18,24,36H,3-4,7-8,10-11,13-14H2,1-2H3,(H,32,33,34). The largest absolute Gasteiger partial charge is 0.386 e. The Morgan fingerprint density at radius 1 is 0.944 bits per heavy atom. The SMILES string of the molecule is CC(C)(O)c1ccc(-c2[nH]nc3ncc(-c4ccc5c(c4)CCC(N4CCCC4)CC5)cc23)cc1Cl. The number of fused-ring (bicyclic) bond motifs is 2. The molecule has 3 heterocycles. The molecular weight excluding hydrogens is 468 g/mol. The van der Waals surface area contributed by atoms with Gasteiger partial charge in [-0.05, 0) is 94.3 Å². The summed E-state index contributed by atoms with van der Waals surface area (Å²) in [6.45, 7) is 6.03. The van der Waals surface area contributed by atoms with Crippen molar-refractivity contribution in [3.8, 4) is 22.4 Å². The van der Waals surface area contributed by atoms with Gasteiger partial charge in [-0.1, -0.05) is 41.9 Å². The summed E-state index contributed by atoms with van der Waals surface area (Å²) in [6.07, 6.45) is 9.46. The average molecular weight is 501 g/mol. The van der Waals surface area contributed by atoms with Crippen molar-refractivity contribution in [2.24, 2.45) is 0 Å². The van der Waals surface area contributed by atoms with Crippen molar-refractivity contribution in [1.29, 1.82) is 0 Å². The number of halogens is 1. The monoisotopic (exact) mass is 500 g/mol. The van der Waals surface area contributed by atoms with Crippen LogP contribution >= 0.6 is 11.6 Å². The van der Waals surface area contributed by atoms with Gasteiger partial charge in [0.25, 0.3) is 0 Å². The minimum Gasteiger partial charge on any atom is -0.386 e. The fraction of sp³-hybridized carbons (Fsp3) is 0.400. The minimum atomic E-state index is -1.000. The van der Waals surface area contributed by atoms with Crippen molar-refractivity contribution >= 4 is 22.6 Å². The molecule has 1 atom stereocenters. The van der Waals surface area contributed by atoms with E-state index in [0.29, 0.717) is 16.2 Å². The molecule has 186 valence electrons. The molecular formula is C30H33ClN4O. The van der Waals surface area contributed by atoms with Gasteiger partial charge in [-0.15, -0.1) is 0 Å². The first-order valence-corrected chi connectivity index (χ1v) is 13.5. The summed E-state index contributed by atoms with van der Waals surface area (Å²) in [7, 11) is 0. The first-order valence-electron chi connectivity index (χ1n) is 13.1. The van der Waals surface area contributed by atoms with Crippen LogP contribution in [0.15, 0.2) is 48.7 Å². The molecule has 1 unspecified atom stereocenters. The highest BCUT2D eigenvalue weighted by molar-refractivity contribution is 6.31. The van der Waals surface area contributed by atoms with E-state index in [-0.39, 0.29) is 0 Å². The lowest BCUT2D eigenvalue weighted by Gasteiger charge is -2.25. The summed E-state index contributed by atoms with van der Waals surface area (Å²) in [4.78, 5) is 7.37. The van der Waals surface area contributed by atoms with Gasteiger partial charge >= 0.3 is 0 Å². The molecule has 6 rings (SSSR count). The molecule has 36 heavy (non-hydrogen) atoms. The maximum absolute atomic E-state index is 10.4. The van der Waals surface area contributed by atoms with Crippen molar-refractivity contribution in [3.05, 3.63) is 70.4 Å². The normalized spacial score (nSPS) is 18.9. The number of aryl methyl sites for hydroxylation is 2. The molecule has 0 amide bonds. The highest BCUT2D eigenvalue weighted by Crippen LogP contribution is 2.35. The highest BCUT2D eigenvalue weighted by Gasteiger charge is 2.25. The number of hydrogen-bond donors (Lipinski definition) is 2. The summed E-state index contributed by atoms with van der Waals surface area (Å²) < 4.78 is 0. The first kappa shape index (κ1) is 23.7. The van der Waals surface area contributed by atoms with Crippen LogP contribution in [0.1, 0.15) is 56.2 Å². The Labute approximate surface area is 217 Å². The Hall–Kier alpha value is -2.73. The van der Waals surface area contributed by atoms with Crippen molar-refractivity contribution in [3.63, 3.8) is 0 Å². The van der Waals surface area contributed by atoms with E-state index < -0.39 is 5.60 Å². The van der Waals surface area contributed by atoms with Gasteiger partial charge < -0.3 is 10.0 Å². The predicted octanol–water partition coefficient (Wildman–Crippen LogP) is 6.52. The summed E-state index contributed by atoms with van der Waals surface area (Å²) in [5.41, 5.74) is 7.46. The number of H-pyrrole nitrogens is 1. The number of aliphatic hydroxyl groups is 1. The molecule has 2 N–H and O–H groups in total. The van der Waals surface area contributed by atoms with Gasteiger partial charge in [0, 0.05) is 39.3 Å². The van der Waals surface area contributed by atoms with E-state index in [0.717, 1.165) is 34.7 Å². The molecule has 2 aromatic heterocycles. The molecule has 1 fully saturated rings. The van der Waals surface area contributed by atoms with Gasteiger partial charge in [-0.3, -0.25) is 5.10 Å². The van der Waals surface area contributed by atoms with E-state index >= 15 is 0 Å². The van der Waals surface area contributed by atoms with Crippen LogP contribution in [-0.2, 0) is 18.4 Å². The Morgan fingerprint density at radius 3 is 2.44 bits per heavy atom. The van der Waals surface area contributed by atoms with E-state index in [1.807, 2.05) is 24.4 Å². The van der Waals surface area contributed by atoms with Crippen LogP contribution in [-0.4, -0.2) is 44.3 Å². The molecule has 2 aliphatic rings. The third kappa shape index (κ3) is 4.45. The molecule has 1 aliphatic carbocycles. The Morgan fingerprint density at radius 2 is 1.69 bits per heavy atom. The second kappa shape index (κ2) is 9.29. The lowest BCUT2D eigenvalue weighted by molar-refractivity contribution is 0.0787. The average Bonchev–Trinajstić information content (AvgIpc) is 3.49. The molecule has 1 aliphatic heterocycles. The van der Waals surface area contributed by atoms with Crippen molar-refractivity contribution < 1.29 is 5.11 Å². The summed E-state index contributed by atoms with van der Waals surface area (Å²) in [6, 6.07) is 15.6. The molecule has 2 aromatic carbocycles. The molecule has 4 aromatic rings. The zero-order valence-corrected chi connectivity index (χ0v) is 21.8. The quantitative estimate of drug-likeness (QED) is 0.313. The van der Waals surface area contributed by atoms with E-state index in [4.69, 9.17) is 11.6 Å². The third-order valence-corrected chi connectivity index (χ3v) is 8.33. The van der Waals surface area contributed by atoms with Gasteiger partial charge in [-0.25, -0.2) is 4.98 Å². The summed E-state index contributed by atoms with van der Waals surface area (Å²) in [5, 5.41) is 19.4. The van der Waals surface area contributed by atoms with Crippen LogP contribution in [0.25, 0.3) is 33.4 Å². The van der Waals surface area contributed by atoms with E-state index in [9.17, 15) is 5.11 Å². The van der Waals surface area contributed by atoms with E-state index in [1.54, 1.807) is 13.8 Å². The highest BCUT2D eigenvalue weighted by atomic mass is 35.5. The molecule has 5 nitrogen and oxygen atoms in total. The maximum atomic E-state index is 10.4. The number of rotatable bonds is 4. The summed E-state index contributed by atoms with van der Waals surface area (Å²) >= 11 is 6.53. The van der Waals surface area contributed by atoms with Gasteiger partial charge in [0.15, 0.2) is 5.65 Å². The third-order valence-electron chi connectivity index (χ3n) is 8.02. The van der Waals surface area contributed by atoms with Crippen molar-refractivity contribution in [2.75, 3.05) is 13.1 Å². The van der Waals surface area contributed by atoms with E-state index in [1.165, 1.54) is 61.9 Å². The van der Waals surface area contributed by atoms with Crippen LogP contribution in [0.2, 0.25) is 5.02 Å². The summed E-state index contributed by atoms with van der Waals surface area (Å²) in [5.74, 6) is 0. The molecule has 0 saturated carbocycles. The lowest BCUT2D eigenvalue weighted by Crippen LogP contribution is -2.32. The topological polar surface area (TPSA) is 65.0 Å². The molecule has 1 saturated heterocycles. The zero-order valence-electron chi connectivity index (χ0n) is 21.0. The fourth-order valence-corrected chi connectivity index (χ4v) is 6.40. The van der Waals surface area contributed by atoms with E-state index in [2.05, 4.69) is 44.3 Å². The van der Waals surface area contributed by atoms with Gasteiger partial charge in [0.2, 0.25) is 0 Å². The maximum Gasteiger partial charge on any atom is 0.181 e. The number of aromatic nitrogens is 3. The van der Waals surface area contributed by atoms with Crippen molar-refractivity contribution in [1.82, 2.24) is 20.1 Å². The Kier molecular flexibility index (Phi) is 6.11. The number of nitrogens with one attached hydrogen (secondary N) is 1. The number of benzene rings is 2. The van der Waals surface area contributed by atoms with Crippen LogP contribution in [0.3, 0.4) is 0 Å². The minimum absolute atomic E-state index is 0.532. The van der Waals surface area contributed by atoms with Gasteiger partial charge in [0.05, 0.1) is 11.3 Å². The second-order valence-corrected chi connectivity index (χ2v) is 11.3. The van der Waals surface area contributed by atoms with Gasteiger partial charge in [0.1, 0.15) is 0 Å². The first-order chi connectivity index (χ1) is 17.4. The Bertz CT molecular complexity index is 1410. The number of likely N-dealkylation sites (tertiary alicyclic amines) is 1. The fourth-order valence-electron chi connectivity index (χ4n) is 5.99. The number of pyridine rings is 1. The van der Waals surface area contributed by atoms with Crippen LogP contribution in [0.5, 0.6) is 0 Å². The molecule has 0 radical (unpaired) electrons. The van der Waals surface area contributed by atoms with Crippen LogP contribution < -0.4 is 0 Å². The number of hydrogen-bond acceptors (Lipinski definition) is 4. The number of nitrogens with zero attached hydrogens (tertiary/aromatic N) is 3. The van der Waals surface area contributed by atoms with Gasteiger partial charge in [-0.2, -0.15) is 5.10 Å². The van der Waals surface area contributed by atoms with Crippen LogP contribution in [0.4, 0.5) is 0 Å². The lowest BCUT2D eigenvalue weighted by atomic mass is 9.95. The second-order valence-electron chi connectivity index (χ2n) is 10.9. The van der Waals surface area contributed by atoms with Crippen LogP contribution in [0, 0.1) is 0 Å².